The average molecular weight is 395 g/mol. The average Bonchev–Trinajstić information content (AvgIpc) is 3.05. The highest BCUT2D eigenvalue weighted by Gasteiger charge is 2.11. The molecule has 3 rings (SSSR count). The monoisotopic (exact) mass is 394 g/mol. The minimum absolute atomic E-state index is 0.0482. The third-order valence-electron chi connectivity index (χ3n) is 3.32. The van der Waals surface area contributed by atoms with Crippen molar-refractivity contribution in [2.45, 2.75) is 13.0 Å². The van der Waals surface area contributed by atoms with Gasteiger partial charge in [-0.25, -0.2) is 13.8 Å². The summed E-state index contributed by atoms with van der Waals surface area (Å²) in [7, 11) is 0. The maximum absolute atomic E-state index is 13.5. The molecule has 0 saturated heterocycles. The van der Waals surface area contributed by atoms with Crippen molar-refractivity contribution in [3.63, 3.8) is 0 Å². The minimum Gasteiger partial charge on any atom is -0.486 e. The molecule has 1 aromatic heterocycles. The van der Waals surface area contributed by atoms with E-state index in [0.717, 1.165) is 18.2 Å². The summed E-state index contributed by atoms with van der Waals surface area (Å²) in [6.45, 7) is 0.256. The molecule has 1 amide bonds. The van der Waals surface area contributed by atoms with Crippen molar-refractivity contribution >= 4 is 34.5 Å². The summed E-state index contributed by atoms with van der Waals surface area (Å²) >= 11 is 7.16. The van der Waals surface area contributed by atoms with Crippen molar-refractivity contribution in [1.29, 1.82) is 0 Å². The van der Waals surface area contributed by atoms with Gasteiger partial charge in [0.25, 0.3) is 0 Å². The predicted molar refractivity (Wildman–Crippen MR) is 96.6 cm³/mol. The maximum Gasteiger partial charge on any atom is 0.230 e. The van der Waals surface area contributed by atoms with Crippen molar-refractivity contribution in [2.24, 2.45) is 0 Å². The van der Waals surface area contributed by atoms with Gasteiger partial charge in [-0.15, -0.1) is 11.3 Å². The third kappa shape index (κ3) is 5.00. The Labute approximate surface area is 157 Å². The molecule has 0 aliphatic heterocycles. The Balaban J connectivity index is 1.55. The van der Waals surface area contributed by atoms with Crippen LogP contribution in [0.2, 0.25) is 5.02 Å². The van der Waals surface area contributed by atoms with Gasteiger partial charge in [0.15, 0.2) is 0 Å². The second-order valence-corrected chi connectivity index (χ2v) is 6.70. The Bertz CT molecular complexity index is 916. The number of hydrogen-bond acceptors (Lipinski definition) is 4. The van der Waals surface area contributed by atoms with E-state index in [1.165, 1.54) is 11.3 Å². The third-order valence-corrected chi connectivity index (χ3v) is 4.44. The highest BCUT2D eigenvalue weighted by molar-refractivity contribution is 7.09. The summed E-state index contributed by atoms with van der Waals surface area (Å²) in [5, 5.41) is 5.38. The molecule has 0 fully saturated rings. The summed E-state index contributed by atoms with van der Waals surface area (Å²) in [5.74, 6) is -1.15. The molecule has 0 bridgehead atoms. The number of benzene rings is 2. The molecule has 26 heavy (non-hydrogen) atoms. The first-order valence-corrected chi connectivity index (χ1v) is 8.82. The van der Waals surface area contributed by atoms with E-state index >= 15 is 0 Å². The van der Waals surface area contributed by atoms with Gasteiger partial charge in [0.05, 0.1) is 17.8 Å². The first-order chi connectivity index (χ1) is 12.5. The summed E-state index contributed by atoms with van der Waals surface area (Å²) in [5.41, 5.74) is 0.329. The zero-order valence-corrected chi connectivity index (χ0v) is 14.9. The van der Waals surface area contributed by atoms with Gasteiger partial charge in [-0.1, -0.05) is 11.6 Å². The number of carbonyl (C=O) groups excluding carboxylic acids is 1. The normalized spacial score (nSPS) is 10.6. The zero-order chi connectivity index (χ0) is 18.5. The van der Waals surface area contributed by atoms with Crippen LogP contribution in [0.1, 0.15) is 10.7 Å². The van der Waals surface area contributed by atoms with Crippen molar-refractivity contribution in [3.05, 3.63) is 75.2 Å². The molecule has 0 saturated carbocycles. The molecule has 3 aromatic rings. The molecule has 4 nitrogen and oxygen atoms in total. The summed E-state index contributed by atoms with van der Waals surface area (Å²) in [6, 6.07) is 9.81. The van der Waals surface area contributed by atoms with Gasteiger partial charge in [0.2, 0.25) is 5.91 Å². The van der Waals surface area contributed by atoms with E-state index in [4.69, 9.17) is 16.3 Å². The summed E-state index contributed by atoms with van der Waals surface area (Å²) < 4.78 is 32.3. The number of rotatable bonds is 6. The Morgan fingerprint density at radius 1 is 1.19 bits per heavy atom. The van der Waals surface area contributed by atoms with Crippen LogP contribution in [0, 0.1) is 11.6 Å². The number of nitrogens with one attached hydrogen (secondary N) is 1. The van der Waals surface area contributed by atoms with E-state index in [-0.39, 0.29) is 18.7 Å². The number of hydrogen-bond donors (Lipinski definition) is 1. The molecule has 0 aliphatic rings. The molecular weight excluding hydrogens is 382 g/mol. The van der Waals surface area contributed by atoms with Crippen LogP contribution in [0.15, 0.2) is 47.8 Å². The van der Waals surface area contributed by atoms with Gasteiger partial charge in [-0.3, -0.25) is 4.79 Å². The molecule has 1 heterocycles. The second kappa shape index (κ2) is 8.25. The number of nitrogens with zero attached hydrogens (tertiary/aromatic N) is 1. The van der Waals surface area contributed by atoms with Gasteiger partial charge in [-0.2, -0.15) is 0 Å². The number of aromatic nitrogens is 1. The predicted octanol–water partition coefficient (Wildman–Crippen LogP) is 4.83. The molecule has 8 heteroatoms. The summed E-state index contributed by atoms with van der Waals surface area (Å²) in [6.07, 6.45) is -0.0482. The first kappa shape index (κ1) is 18.3. The van der Waals surface area contributed by atoms with Gasteiger partial charge >= 0.3 is 0 Å². The van der Waals surface area contributed by atoms with Gasteiger partial charge in [0, 0.05) is 16.5 Å². The lowest BCUT2D eigenvalue weighted by molar-refractivity contribution is -0.115. The number of thiazole rings is 1. The van der Waals surface area contributed by atoms with Crippen LogP contribution in [-0.2, 0) is 17.8 Å². The van der Waals surface area contributed by atoms with Crippen molar-refractivity contribution in [1.82, 2.24) is 4.98 Å². The van der Waals surface area contributed by atoms with Crippen LogP contribution in [0.25, 0.3) is 0 Å². The van der Waals surface area contributed by atoms with E-state index in [9.17, 15) is 13.6 Å². The molecule has 0 atom stereocenters. The number of anilines is 1. The lowest BCUT2D eigenvalue weighted by Crippen LogP contribution is -2.15. The topological polar surface area (TPSA) is 51.2 Å². The van der Waals surface area contributed by atoms with E-state index < -0.39 is 17.5 Å². The maximum atomic E-state index is 13.5. The number of carbonyl (C=O) groups is 1. The Morgan fingerprint density at radius 2 is 1.96 bits per heavy atom. The Hall–Kier alpha value is -2.51. The molecule has 0 aliphatic carbocycles. The van der Waals surface area contributed by atoms with Crippen LogP contribution >= 0.6 is 22.9 Å². The lowest BCUT2D eigenvalue weighted by atomic mass is 10.2. The quantitative estimate of drug-likeness (QED) is 0.651. The van der Waals surface area contributed by atoms with E-state index in [0.29, 0.717) is 21.5 Å². The minimum atomic E-state index is -0.699. The van der Waals surface area contributed by atoms with Crippen LogP contribution < -0.4 is 10.1 Å². The largest absolute Gasteiger partial charge is 0.486 e. The van der Waals surface area contributed by atoms with Crippen LogP contribution in [0.3, 0.4) is 0 Å². The second-order valence-electron chi connectivity index (χ2n) is 5.32. The molecule has 0 radical (unpaired) electrons. The Morgan fingerprint density at radius 3 is 2.73 bits per heavy atom. The lowest BCUT2D eigenvalue weighted by Gasteiger charge is -2.05. The first-order valence-electron chi connectivity index (χ1n) is 7.56. The zero-order valence-electron chi connectivity index (χ0n) is 13.3. The molecule has 0 unspecified atom stereocenters. The van der Waals surface area contributed by atoms with Crippen molar-refractivity contribution in [2.75, 3.05) is 5.32 Å². The van der Waals surface area contributed by atoms with E-state index in [1.807, 2.05) is 0 Å². The molecule has 134 valence electrons. The molecule has 1 N–H and O–H groups in total. The standard InChI is InChI=1S/C18H13ClF2N2O2S/c19-11-1-4-14(5-2-11)25-9-18-22-13(10-26-18)8-17(24)23-16-7-12(20)3-6-15(16)21/h1-7,10H,8-9H2,(H,23,24). The van der Waals surface area contributed by atoms with Crippen LogP contribution in [0.5, 0.6) is 5.75 Å². The Kier molecular flexibility index (Phi) is 5.80. The van der Waals surface area contributed by atoms with Crippen molar-refractivity contribution < 1.29 is 18.3 Å². The SMILES string of the molecule is O=C(Cc1csc(COc2ccc(Cl)cc2)n1)Nc1cc(F)ccc1F. The smallest absolute Gasteiger partial charge is 0.230 e. The van der Waals surface area contributed by atoms with Crippen molar-refractivity contribution in [3.8, 4) is 5.75 Å². The number of ether oxygens (including phenoxy) is 1. The van der Waals surface area contributed by atoms with Gasteiger partial charge in [0.1, 0.15) is 29.0 Å². The van der Waals surface area contributed by atoms with Gasteiger partial charge in [-0.05, 0) is 36.4 Å². The molecule has 0 spiro atoms. The van der Waals surface area contributed by atoms with E-state index in [2.05, 4.69) is 10.3 Å². The fraction of sp³-hybridized carbons (Fsp3) is 0.111. The number of halogens is 3. The molecule has 2 aromatic carbocycles. The fourth-order valence-electron chi connectivity index (χ4n) is 2.12. The number of amides is 1. The molecular formula is C18H13ClF2N2O2S. The fourth-order valence-corrected chi connectivity index (χ4v) is 2.96. The van der Waals surface area contributed by atoms with Crippen LogP contribution in [-0.4, -0.2) is 10.9 Å². The highest BCUT2D eigenvalue weighted by atomic mass is 35.5. The van der Waals surface area contributed by atoms with Gasteiger partial charge < -0.3 is 10.1 Å². The van der Waals surface area contributed by atoms with E-state index in [1.54, 1.807) is 29.6 Å². The highest BCUT2D eigenvalue weighted by Crippen LogP contribution is 2.19. The van der Waals surface area contributed by atoms with Crippen LogP contribution in [0.4, 0.5) is 14.5 Å². The summed E-state index contributed by atoms with van der Waals surface area (Å²) in [4.78, 5) is 16.3.